The molecule has 170 valence electrons. The number of nitrogens with zero attached hydrogens (tertiary/aromatic N) is 2. The molecule has 0 N–H and O–H groups in total. The zero-order valence-electron chi connectivity index (χ0n) is 19.1. The van der Waals surface area contributed by atoms with Crippen LogP contribution in [0.2, 0.25) is 0 Å². The molecule has 2 heterocycles. The normalized spacial score (nSPS) is 15.6. The SMILES string of the molecule is CCOc1ccc(-c2c(C)sc3nc(C)n(C(C)C(=O)OC4CCCCC4)c(=O)c23)cc1. The first-order chi connectivity index (χ1) is 15.4. The van der Waals surface area contributed by atoms with Crippen molar-refractivity contribution in [1.29, 1.82) is 0 Å². The minimum absolute atomic E-state index is 0.0470. The molecule has 0 aliphatic heterocycles. The summed E-state index contributed by atoms with van der Waals surface area (Å²) in [5.41, 5.74) is 1.60. The second-order valence-corrected chi connectivity index (χ2v) is 9.58. The third-order valence-corrected chi connectivity index (χ3v) is 7.13. The highest BCUT2D eigenvalue weighted by molar-refractivity contribution is 7.19. The van der Waals surface area contributed by atoms with E-state index in [1.165, 1.54) is 22.3 Å². The lowest BCUT2D eigenvalue weighted by molar-refractivity contribution is -0.154. The Hall–Kier alpha value is -2.67. The minimum Gasteiger partial charge on any atom is -0.494 e. The number of ether oxygens (including phenoxy) is 2. The molecule has 1 atom stereocenters. The average Bonchev–Trinajstić information content (AvgIpc) is 3.11. The summed E-state index contributed by atoms with van der Waals surface area (Å²) >= 11 is 1.50. The molecule has 0 radical (unpaired) electrons. The van der Waals surface area contributed by atoms with E-state index in [-0.39, 0.29) is 17.6 Å². The predicted molar refractivity (Wildman–Crippen MR) is 128 cm³/mol. The van der Waals surface area contributed by atoms with Crippen LogP contribution in [0.3, 0.4) is 0 Å². The first-order valence-electron chi connectivity index (χ1n) is 11.4. The van der Waals surface area contributed by atoms with Gasteiger partial charge in [0.1, 0.15) is 28.6 Å². The zero-order chi connectivity index (χ0) is 22.8. The van der Waals surface area contributed by atoms with Gasteiger partial charge >= 0.3 is 5.97 Å². The smallest absolute Gasteiger partial charge is 0.329 e. The van der Waals surface area contributed by atoms with Gasteiger partial charge in [0.2, 0.25) is 0 Å². The second-order valence-electron chi connectivity index (χ2n) is 8.38. The van der Waals surface area contributed by atoms with Crippen LogP contribution in [-0.2, 0) is 9.53 Å². The highest BCUT2D eigenvalue weighted by Gasteiger charge is 2.27. The van der Waals surface area contributed by atoms with Gasteiger partial charge in [0, 0.05) is 10.4 Å². The molecule has 3 aromatic rings. The van der Waals surface area contributed by atoms with E-state index in [1.54, 1.807) is 13.8 Å². The lowest BCUT2D eigenvalue weighted by Crippen LogP contribution is -2.34. The lowest BCUT2D eigenvalue weighted by Gasteiger charge is -2.24. The largest absolute Gasteiger partial charge is 0.494 e. The molecule has 32 heavy (non-hydrogen) atoms. The molecule has 1 aliphatic rings. The topological polar surface area (TPSA) is 70.4 Å². The highest BCUT2D eigenvalue weighted by atomic mass is 32.1. The Balaban J connectivity index is 1.73. The maximum absolute atomic E-state index is 13.7. The summed E-state index contributed by atoms with van der Waals surface area (Å²) in [5.74, 6) is 0.951. The molecular weight excluding hydrogens is 424 g/mol. The summed E-state index contributed by atoms with van der Waals surface area (Å²) in [6.07, 6.45) is 5.10. The molecule has 0 saturated heterocycles. The fourth-order valence-corrected chi connectivity index (χ4v) is 5.60. The zero-order valence-corrected chi connectivity index (χ0v) is 20.0. The van der Waals surface area contributed by atoms with E-state index in [1.807, 2.05) is 38.1 Å². The lowest BCUT2D eigenvalue weighted by atomic mass is 9.98. The van der Waals surface area contributed by atoms with E-state index in [9.17, 15) is 9.59 Å². The standard InChI is InChI=1S/C25H30N2O4S/c1-5-30-19-13-11-18(12-14-19)21-16(3)32-23-22(21)24(28)27(17(4)26-23)15(2)25(29)31-20-9-7-6-8-10-20/h11-15,20H,5-10H2,1-4H3. The number of esters is 1. The number of aromatic nitrogens is 2. The Morgan fingerprint density at radius 1 is 1.19 bits per heavy atom. The van der Waals surface area contributed by atoms with Gasteiger partial charge in [0.25, 0.3) is 5.56 Å². The number of rotatable bonds is 6. The van der Waals surface area contributed by atoms with Gasteiger partial charge in [0.15, 0.2) is 0 Å². The minimum atomic E-state index is -0.727. The first kappa shape index (κ1) is 22.5. The maximum Gasteiger partial charge on any atom is 0.329 e. The van der Waals surface area contributed by atoms with Crippen molar-refractivity contribution >= 4 is 27.5 Å². The van der Waals surface area contributed by atoms with E-state index in [0.717, 1.165) is 47.4 Å². The number of aryl methyl sites for hydroxylation is 2. The molecule has 6 nitrogen and oxygen atoms in total. The fraction of sp³-hybridized carbons (Fsp3) is 0.480. The van der Waals surface area contributed by atoms with Crippen molar-refractivity contribution in [3.05, 3.63) is 45.3 Å². The van der Waals surface area contributed by atoms with E-state index < -0.39 is 6.04 Å². The second kappa shape index (κ2) is 9.45. The summed E-state index contributed by atoms with van der Waals surface area (Å²) in [6.45, 7) is 8.04. The number of carbonyl (C=O) groups excluding carboxylic acids is 1. The van der Waals surface area contributed by atoms with Crippen molar-refractivity contribution in [2.45, 2.75) is 71.9 Å². The number of benzene rings is 1. The molecule has 1 saturated carbocycles. The van der Waals surface area contributed by atoms with Crippen LogP contribution in [-0.4, -0.2) is 28.2 Å². The van der Waals surface area contributed by atoms with Crippen molar-refractivity contribution in [2.24, 2.45) is 0 Å². The molecule has 1 unspecified atom stereocenters. The number of fused-ring (bicyclic) bond motifs is 1. The molecular formula is C25H30N2O4S. The van der Waals surface area contributed by atoms with Gasteiger partial charge in [-0.1, -0.05) is 18.6 Å². The van der Waals surface area contributed by atoms with Crippen LogP contribution in [0.5, 0.6) is 5.75 Å². The van der Waals surface area contributed by atoms with E-state index in [2.05, 4.69) is 4.98 Å². The third kappa shape index (κ3) is 4.31. The van der Waals surface area contributed by atoms with Crippen molar-refractivity contribution in [3.63, 3.8) is 0 Å². The summed E-state index contributed by atoms with van der Waals surface area (Å²) in [5, 5.41) is 0.555. The van der Waals surface area contributed by atoms with E-state index in [0.29, 0.717) is 22.6 Å². The fourth-order valence-electron chi connectivity index (χ4n) is 4.51. The van der Waals surface area contributed by atoms with Crippen molar-refractivity contribution in [2.75, 3.05) is 6.61 Å². The summed E-state index contributed by atoms with van der Waals surface area (Å²) < 4.78 is 12.8. The Bertz CT molecular complexity index is 1170. The van der Waals surface area contributed by atoms with Gasteiger partial charge < -0.3 is 9.47 Å². The maximum atomic E-state index is 13.7. The molecule has 2 aromatic heterocycles. The van der Waals surface area contributed by atoms with Crippen molar-refractivity contribution < 1.29 is 14.3 Å². The highest BCUT2D eigenvalue weighted by Crippen LogP contribution is 2.36. The number of carbonyl (C=O) groups is 1. The third-order valence-electron chi connectivity index (χ3n) is 6.13. The predicted octanol–water partition coefficient (Wildman–Crippen LogP) is 5.58. The Morgan fingerprint density at radius 2 is 1.88 bits per heavy atom. The summed E-state index contributed by atoms with van der Waals surface area (Å²) in [6, 6.07) is 7.01. The molecule has 0 spiro atoms. The van der Waals surface area contributed by atoms with Crippen LogP contribution in [0, 0.1) is 13.8 Å². The van der Waals surface area contributed by atoms with E-state index >= 15 is 0 Å². The molecule has 1 aromatic carbocycles. The molecule has 7 heteroatoms. The summed E-state index contributed by atoms with van der Waals surface area (Å²) in [7, 11) is 0. The number of thiophene rings is 1. The van der Waals surface area contributed by atoms with Gasteiger partial charge in [-0.05, 0) is 71.1 Å². The monoisotopic (exact) mass is 454 g/mol. The first-order valence-corrected chi connectivity index (χ1v) is 12.2. The van der Waals surface area contributed by atoms with E-state index in [4.69, 9.17) is 9.47 Å². The molecule has 0 amide bonds. The molecule has 1 aliphatic carbocycles. The van der Waals surface area contributed by atoms with Crippen LogP contribution in [0.15, 0.2) is 29.1 Å². The average molecular weight is 455 g/mol. The molecule has 4 rings (SSSR count). The molecule has 0 bridgehead atoms. The van der Waals surface area contributed by atoms with Gasteiger partial charge in [-0.2, -0.15) is 0 Å². The van der Waals surface area contributed by atoms with Gasteiger partial charge in [-0.25, -0.2) is 9.78 Å². The molecule has 1 fully saturated rings. The van der Waals surface area contributed by atoms with Crippen LogP contribution in [0.4, 0.5) is 0 Å². The van der Waals surface area contributed by atoms with Crippen LogP contribution in [0.1, 0.15) is 62.7 Å². The number of hydrogen-bond acceptors (Lipinski definition) is 6. The Kier molecular flexibility index (Phi) is 6.65. The quantitative estimate of drug-likeness (QED) is 0.455. The van der Waals surface area contributed by atoms with Crippen LogP contribution >= 0.6 is 11.3 Å². The summed E-state index contributed by atoms with van der Waals surface area (Å²) in [4.78, 5) is 33.0. The Morgan fingerprint density at radius 3 is 2.53 bits per heavy atom. The van der Waals surface area contributed by atoms with Gasteiger partial charge in [-0.3, -0.25) is 9.36 Å². The Labute approximate surface area is 192 Å². The van der Waals surface area contributed by atoms with Crippen molar-refractivity contribution in [3.8, 4) is 16.9 Å². The van der Waals surface area contributed by atoms with Crippen LogP contribution in [0.25, 0.3) is 21.3 Å². The number of hydrogen-bond donors (Lipinski definition) is 0. The van der Waals surface area contributed by atoms with Crippen LogP contribution < -0.4 is 10.3 Å². The van der Waals surface area contributed by atoms with Crippen molar-refractivity contribution in [1.82, 2.24) is 9.55 Å². The van der Waals surface area contributed by atoms with Gasteiger partial charge in [0.05, 0.1) is 12.0 Å². The van der Waals surface area contributed by atoms with Gasteiger partial charge in [-0.15, -0.1) is 11.3 Å².